The first kappa shape index (κ1) is 18.0. The fourth-order valence-electron chi connectivity index (χ4n) is 2.24. The molecule has 25 heavy (non-hydrogen) atoms. The number of rotatable bonds is 7. The molecule has 1 aromatic carbocycles. The lowest BCUT2D eigenvalue weighted by Gasteiger charge is -2.13. The first-order valence-corrected chi connectivity index (χ1v) is 11.4. The topological polar surface area (TPSA) is 74.1 Å². The molecule has 0 aliphatic heterocycles. The lowest BCUT2D eigenvalue weighted by Crippen LogP contribution is -2.07. The Morgan fingerprint density at radius 1 is 1.20 bits per heavy atom. The highest BCUT2D eigenvalue weighted by atomic mass is 32.2. The Balaban J connectivity index is 2.04. The molecular weight excluding hydrogens is 378 g/mol. The molecule has 0 radical (unpaired) electrons. The van der Waals surface area contributed by atoms with Crippen LogP contribution in [-0.4, -0.2) is 48.1 Å². The summed E-state index contributed by atoms with van der Waals surface area (Å²) in [6.07, 6.45) is 1.23. The van der Waals surface area contributed by atoms with E-state index in [0.29, 0.717) is 22.5 Å². The molecule has 6 nitrogen and oxygen atoms in total. The van der Waals surface area contributed by atoms with E-state index in [1.807, 2.05) is 46.3 Å². The highest BCUT2D eigenvalue weighted by Gasteiger charge is 2.19. The quantitative estimate of drug-likeness (QED) is 0.572. The van der Waals surface area contributed by atoms with Gasteiger partial charge in [0.2, 0.25) is 0 Å². The molecule has 0 atom stereocenters. The third kappa shape index (κ3) is 4.23. The van der Waals surface area contributed by atoms with Crippen molar-refractivity contribution in [1.29, 1.82) is 0 Å². The fourth-order valence-corrected chi connectivity index (χ4v) is 5.08. The summed E-state index contributed by atoms with van der Waals surface area (Å²) in [6, 6.07) is 11.6. The minimum atomic E-state index is -3.02. The number of hydrogen-bond acceptors (Lipinski definition) is 7. The second kappa shape index (κ2) is 7.59. The summed E-state index contributed by atoms with van der Waals surface area (Å²) >= 11 is 2.94. The van der Waals surface area contributed by atoms with E-state index in [0.717, 1.165) is 10.6 Å². The Bertz CT molecular complexity index is 950. The summed E-state index contributed by atoms with van der Waals surface area (Å²) in [5, 5.41) is 11.2. The largest absolute Gasteiger partial charge is 0.495 e. The van der Waals surface area contributed by atoms with Crippen LogP contribution in [0.3, 0.4) is 0 Å². The summed E-state index contributed by atoms with van der Waals surface area (Å²) in [5.74, 6) is 1.91. The van der Waals surface area contributed by atoms with Crippen molar-refractivity contribution in [3.8, 4) is 22.1 Å². The molecular formula is C16H17N3O3S3. The highest BCUT2D eigenvalue weighted by Crippen LogP contribution is 2.33. The first-order chi connectivity index (χ1) is 12.0. The maximum Gasteiger partial charge on any atom is 0.196 e. The average Bonchev–Trinajstić information content (AvgIpc) is 3.22. The molecule has 0 fully saturated rings. The van der Waals surface area contributed by atoms with Crippen LogP contribution >= 0.6 is 23.1 Å². The predicted octanol–water partition coefficient (Wildman–Crippen LogP) is 3.14. The molecule has 0 aliphatic carbocycles. The Morgan fingerprint density at radius 2 is 2.00 bits per heavy atom. The van der Waals surface area contributed by atoms with Gasteiger partial charge in [0, 0.05) is 12.0 Å². The summed E-state index contributed by atoms with van der Waals surface area (Å²) in [5.41, 5.74) is 0.820. The van der Waals surface area contributed by atoms with Gasteiger partial charge in [-0.2, -0.15) is 0 Å². The molecule has 3 aromatic rings. The molecule has 0 aliphatic rings. The number of sulfone groups is 1. The second-order valence-electron chi connectivity index (χ2n) is 5.27. The van der Waals surface area contributed by atoms with Gasteiger partial charge in [0.25, 0.3) is 0 Å². The zero-order chi connectivity index (χ0) is 17.9. The van der Waals surface area contributed by atoms with Gasteiger partial charge in [-0.25, -0.2) is 8.42 Å². The van der Waals surface area contributed by atoms with Crippen LogP contribution in [0.5, 0.6) is 5.75 Å². The van der Waals surface area contributed by atoms with Crippen LogP contribution in [0.1, 0.15) is 0 Å². The Kier molecular flexibility index (Phi) is 5.45. The first-order valence-electron chi connectivity index (χ1n) is 7.43. The van der Waals surface area contributed by atoms with Gasteiger partial charge in [0.15, 0.2) is 11.0 Å². The number of thiophene rings is 1. The molecule has 0 saturated carbocycles. The van der Waals surface area contributed by atoms with E-state index in [1.165, 1.54) is 18.0 Å². The van der Waals surface area contributed by atoms with Gasteiger partial charge >= 0.3 is 0 Å². The van der Waals surface area contributed by atoms with E-state index in [2.05, 4.69) is 10.2 Å². The van der Waals surface area contributed by atoms with Crippen LogP contribution in [0.4, 0.5) is 0 Å². The molecule has 2 heterocycles. The minimum absolute atomic E-state index is 0.0881. The van der Waals surface area contributed by atoms with Gasteiger partial charge in [-0.1, -0.05) is 30.0 Å². The lowest BCUT2D eigenvalue weighted by molar-refractivity contribution is 0.412. The molecule has 0 spiro atoms. The fraction of sp³-hybridized carbons (Fsp3) is 0.250. The van der Waals surface area contributed by atoms with Crippen molar-refractivity contribution in [2.75, 3.05) is 24.9 Å². The number of methoxy groups -OCH3 is 1. The third-order valence-corrected chi connectivity index (χ3v) is 6.39. The molecule has 0 saturated heterocycles. The molecule has 0 amide bonds. The van der Waals surface area contributed by atoms with Crippen LogP contribution < -0.4 is 4.74 Å². The van der Waals surface area contributed by atoms with E-state index in [4.69, 9.17) is 4.74 Å². The maximum absolute atomic E-state index is 11.4. The molecule has 9 heteroatoms. The summed E-state index contributed by atoms with van der Waals surface area (Å²) in [7, 11) is -1.41. The van der Waals surface area contributed by atoms with Crippen molar-refractivity contribution in [3.05, 3.63) is 41.8 Å². The van der Waals surface area contributed by atoms with Crippen LogP contribution in [0.15, 0.2) is 46.9 Å². The average molecular weight is 396 g/mol. The van der Waals surface area contributed by atoms with Crippen LogP contribution in [-0.2, 0) is 9.84 Å². The Labute approximate surface area is 154 Å². The van der Waals surface area contributed by atoms with Crippen molar-refractivity contribution in [1.82, 2.24) is 14.8 Å². The molecule has 0 unspecified atom stereocenters. The summed E-state index contributed by atoms with van der Waals surface area (Å²) in [4.78, 5) is 0.980. The minimum Gasteiger partial charge on any atom is -0.495 e. The normalized spacial score (nSPS) is 11.6. The zero-order valence-corrected chi connectivity index (χ0v) is 16.2. The summed E-state index contributed by atoms with van der Waals surface area (Å²) in [6.45, 7) is 0. The van der Waals surface area contributed by atoms with Crippen molar-refractivity contribution in [2.45, 2.75) is 5.16 Å². The number of thioether (sulfide) groups is 1. The number of benzene rings is 1. The van der Waals surface area contributed by atoms with E-state index in [1.54, 1.807) is 18.4 Å². The van der Waals surface area contributed by atoms with Gasteiger partial charge in [-0.05, 0) is 23.6 Å². The molecule has 3 rings (SSSR count). The third-order valence-electron chi connectivity index (χ3n) is 3.39. The Hall–Kier alpha value is -1.84. The van der Waals surface area contributed by atoms with Gasteiger partial charge in [0.05, 0.1) is 23.4 Å². The van der Waals surface area contributed by atoms with Crippen LogP contribution in [0.2, 0.25) is 0 Å². The number of aromatic nitrogens is 3. The summed E-state index contributed by atoms with van der Waals surface area (Å²) < 4.78 is 30.2. The lowest BCUT2D eigenvalue weighted by atomic mass is 10.3. The van der Waals surface area contributed by atoms with Crippen molar-refractivity contribution in [3.63, 3.8) is 0 Å². The maximum atomic E-state index is 11.4. The van der Waals surface area contributed by atoms with E-state index >= 15 is 0 Å². The number of ether oxygens (including phenoxy) is 1. The van der Waals surface area contributed by atoms with Gasteiger partial charge in [-0.3, -0.25) is 4.57 Å². The van der Waals surface area contributed by atoms with Crippen molar-refractivity contribution in [2.24, 2.45) is 0 Å². The van der Waals surface area contributed by atoms with Crippen molar-refractivity contribution < 1.29 is 13.2 Å². The zero-order valence-electron chi connectivity index (χ0n) is 13.7. The van der Waals surface area contributed by atoms with Gasteiger partial charge in [-0.15, -0.1) is 21.5 Å². The van der Waals surface area contributed by atoms with Crippen molar-refractivity contribution >= 4 is 32.9 Å². The predicted molar refractivity (Wildman–Crippen MR) is 102 cm³/mol. The molecule has 0 bridgehead atoms. The Morgan fingerprint density at radius 3 is 2.68 bits per heavy atom. The van der Waals surface area contributed by atoms with Gasteiger partial charge in [0.1, 0.15) is 15.6 Å². The number of hydrogen-bond donors (Lipinski definition) is 0. The molecule has 132 valence electrons. The molecule has 0 N–H and O–H groups in total. The van der Waals surface area contributed by atoms with Crippen LogP contribution in [0, 0.1) is 0 Å². The monoisotopic (exact) mass is 395 g/mol. The standard InChI is InChI=1S/C16H17N3O3S3/c1-22-13-7-4-3-6-12(13)19-15(14-8-5-9-23-14)17-18-16(19)24-10-11-25(2,20)21/h3-9H,10-11H2,1-2H3. The molecule has 2 aromatic heterocycles. The smallest absolute Gasteiger partial charge is 0.196 e. The number of para-hydroxylation sites is 2. The van der Waals surface area contributed by atoms with E-state index in [-0.39, 0.29) is 5.75 Å². The van der Waals surface area contributed by atoms with E-state index < -0.39 is 9.84 Å². The number of nitrogens with zero attached hydrogens (tertiary/aromatic N) is 3. The highest BCUT2D eigenvalue weighted by molar-refractivity contribution is 8.00. The van der Waals surface area contributed by atoms with Crippen LogP contribution in [0.25, 0.3) is 16.4 Å². The van der Waals surface area contributed by atoms with E-state index in [9.17, 15) is 8.42 Å². The van der Waals surface area contributed by atoms with Gasteiger partial charge < -0.3 is 4.74 Å². The second-order valence-corrected chi connectivity index (χ2v) is 9.54. The SMILES string of the molecule is COc1ccccc1-n1c(SCCS(C)(=O)=O)nnc1-c1cccs1.